The smallest absolute Gasteiger partial charge is 0.0998 e. The van der Waals surface area contributed by atoms with Crippen molar-refractivity contribution in [3.63, 3.8) is 0 Å². The summed E-state index contributed by atoms with van der Waals surface area (Å²) < 4.78 is 0. The maximum atomic E-state index is 9.76. The van der Waals surface area contributed by atoms with Gasteiger partial charge in [-0.1, -0.05) is 115 Å². The Morgan fingerprint density at radius 2 is 0.907 bits per heavy atom. The minimum absolute atomic E-state index is 0.669. The zero-order chi connectivity index (χ0) is 28.8. The lowest BCUT2D eigenvalue weighted by Crippen LogP contribution is -2.10. The van der Waals surface area contributed by atoms with Gasteiger partial charge in [0.25, 0.3) is 0 Å². The van der Waals surface area contributed by atoms with E-state index in [1.54, 1.807) is 0 Å². The predicted octanol–water partition coefficient (Wildman–Crippen LogP) is 11.2. The van der Waals surface area contributed by atoms with Crippen LogP contribution in [0.2, 0.25) is 0 Å². The molecule has 1 aliphatic carbocycles. The lowest BCUT2D eigenvalue weighted by molar-refractivity contribution is 1.28. The molecule has 43 heavy (non-hydrogen) atoms. The fourth-order valence-electron chi connectivity index (χ4n) is 6.54. The molecule has 7 aromatic rings. The molecule has 2 nitrogen and oxygen atoms in total. The van der Waals surface area contributed by atoms with Crippen LogP contribution in [0.1, 0.15) is 5.56 Å². The molecule has 0 aromatic heterocycles. The molecule has 1 aliphatic rings. The van der Waals surface area contributed by atoms with E-state index in [9.17, 15) is 5.26 Å². The Bertz CT molecular complexity index is 2180. The zero-order valence-corrected chi connectivity index (χ0v) is 23.4. The predicted molar refractivity (Wildman–Crippen MR) is 179 cm³/mol. The average Bonchev–Trinajstić information content (AvgIpc) is 3.41. The van der Waals surface area contributed by atoms with Crippen LogP contribution in [-0.4, -0.2) is 0 Å². The van der Waals surface area contributed by atoms with Crippen LogP contribution in [0.15, 0.2) is 158 Å². The number of rotatable bonds is 5. The summed E-state index contributed by atoms with van der Waals surface area (Å²) >= 11 is 0. The SMILES string of the molecule is N#Cc1ccccc1-c1cccc(N(c2ccccc2)c2cccc(-c3ccc4c5c(cccc35)-c3ccccc3-4)c2)c1. The normalized spacial score (nSPS) is 11.2. The van der Waals surface area contributed by atoms with Crippen molar-refractivity contribution >= 4 is 27.8 Å². The highest BCUT2D eigenvalue weighted by Crippen LogP contribution is 2.49. The summed E-state index contributed by atoms with van der Waals surface area (Å²) in [7, 11) is 0. The van der Waals surface area contributed by atoms with E-state index in [0.717, 1.165) is 28.2 Å². The van der Waals surface area contributed by atoms with Crippen LogP contribution in [-0.2, 0) is 0 Å². The van der Waals surface area contributed by atoms with Gasteiger partial charge in [-0.3, -0.25) is 0 Å². The quantitative estimate of drug-likeness (QED) is 0.215. The Hall–Kier alpha value is -5.91. The molecule has 0 aliphatic heterocycles. The second-order valence-corrected chi connectivity index (χ2v) is 10.9. The first kappa shape index (κ1) is 24.9. The monoisotopic (exact) mass is 546 g/mol. The van der Waals surface area contributed by atoms with Crippen molar-refractivity contribution in [1.82, 2.24) is 0 Å². The lowest BCUT2D eigenvalue weighted by Gasteiger charge is -2.26. The second kappa shape index (κ2) is 10.2. The third kappa shape index (κ3) is 4.10. The number of fused-ring (bicyclic) bond motifs is 3. The number of anilines is 3. The van der Waals surface area contributed by atoms with Crippen molar-refractivity contribution in [2.24, 2.45) is 0 Å². The third-order valence-electron chi connectivity index (χ3n) is 8.44. The standard InChI is InChI=1S/C41H26N2/c42-27-30-11-4-5-18-34(30)28-12-8-16-32(25-28)43(31-14-2-1-3-15-31)33-17-9-13-29(26-33)35-23-24-40-37-20-7-6-19-36(37)39-22-10-21-38(35)41(39)40/h1-26H. The topological polar surface area (TPSA) is 27.0 Å². The van der Waals surface area contributed by atoms with Gasteiger partial charge < -0.3 is 4.90 Å². The minimum atomic E-state index is 0.669. The summed E-state index contributed by atoms with van der Waals surface area (Å²) in [5, 5.41) is 12.4. The largest absolute Gasteiger partial charge is 0.310 e. The Morgan fingerprint density at radius 3 is 1.60 bits per heavy atom. The van der Waals surface area contributed by atoms with Crippen molar-refractivity contribution in [3.05, 3.63) is 163 Å². The van der Waals surface area contributed by atoms with Crippen LogP contribution in [0.3, 0.4) is 0 Å². The molecule has 0 unspecified atom stereocenters. The molecule has 0 fully saturated rings. The average molecular weight is 547 g/mol. The highest BCUT2D eigenvalue weighted by molar-refractivity contribution is 6.18. The van der Waals surface area contributed by atoms with E-state index in [2.05, 4.69) is 138 Å². The van der Waals surface area contributed by atoms with Crippen LogP contribution >= 0.6 is 0 Å². The number of hydrogen-bond donors (Lipinski definition) is 0. The first-order valence-electron chi connectivity index (χ1n) is 14.5. The van der Waals surface area contributed by atoms with E-state index >= 15 is 0 Å². The van der Waals surface area contributed by atoms with E-state index in [0.29, 0.717) is 5.56 Å². The molecule has 0 heterocycles. The summed E-state index contributed by atoms with van der Waals surface area (Å²) in [6.07, 6.45) is 0. The first-order valence-corrected chi connectivity index (χ1v) is 14.5. The van der Waals surface area contributed by atoms with Crippen molar-refractivity contribution in [3.8, 4) is 50.6 Å². The maximum Gasteiger partial charge on any atom is 0.0998 e. The molecule has 7 aromatic carbocycles. The van der Waals surface area contributed by atoms with E-state index in [1.807, 2.05) is 30.3 Å². The van der Waals surface area contributed by atoms with Crippen LogP contribution in [0.5, 0.6) is 0 Å². The van der Waals surface area contributed by atoms with Gasteiger partial charge in [-0.2, -0.15) is 5.26 Å². The van der Waals surface area contributed by atoms with E-state index in [1.165, 1.54) is 44.2 Å². The van der Waals surface area contributed by atoms with Crippen LogP contribution in [0.25, 0.3) is 55.3 Å². The van der Waals surface area contributed by atoms with E-state index in [-0.39, 0.29) is 0 Å². The van der Waals surface area contributed by atoms with Crippen LogP contribution in [0.4, 0.5) is 17.1 Å². The molecule has 2 heteroatoms. The van der Waals surface area contributed by atoms with Gasteiger partial charge in [0.05, 0.1) is 11.6 Å². The minimum Gasteiger partial charge on any atom is -0.310 e. The van der Waals surface area contributed by atoms with E-state index < -0.39 is 0 Å². The first-order chi connectivity index (χ1) is 21.3. The molecular formula is C41H26N2. The van der Waals surface area contributed by atoms with Gasteiger partial charge in [0.2, 0.25) is 0 Å². The number of nitrogens with zero attached hydrogens (tertiary/aromatic N) is 2. The van der Waals surface area contributed by atoms with E-state index in [4.69, 9.17) is 0 Å². The molecule has 0 N–H and O–H groups in total. The van der Waals surface area contributed by atoms with Gasteiger partial charge in [-0.25, -0.2) is 0 Å². The van der Waals surface area contributed by atoms with Crippen molar-refractivity contribution < 1.29 is 0 Å². The van der Waals surface area contributed by atoms with Crippen molar-refractivity contribution in [1.29, 1.82) is 5.26 Å². The number of hydrogen-bond acceptors (Lipinski definition) is 2. The Labute approximate surface area is 251 Å². The Balaban J connectivity index is 1.28. The van der Waals surface area contributed by atoms with Crippen molar-refractivity contribution in [2.75, 3.05) is 4.90 Å². The van der Waals surface area contributed by atoms with Gasteiger partial charge >= 0.3 is 0 Å². The highest BCUT2D eigenvalue weighted by Gasteiger charge is 2.22. The zero-order valence-electron chi connectivity index (χ0n) is 23.4. The molecule has 0 amide bonds. The van der Waals surface area contributed by atoms with Gasteiger partial charge in [0.1, 0.15) is 0 Å². The van der Waals surface area contributed by atoms with Crippen molar-refractivity contribution in [2.45, 2.75) is 0 Å². The molecule has 0 spiro atoms. The van der Waals surface area contributed by atoms with Gasteiger partial charge in [0.15, 0.2) is 0 Å². The van der Waals surface area contributed by atoms with Crippen LogP contribution < -0.4 is 4.90 Å². The third-order valence-corrected chi connectivity index (χ3v) is 8.44. The fraction of sp³-hybridized carbons (Fsp3) is 0. The second-order valence-electron chi connectivity index (χ2n) is 10.9. The van der Waals surface area contributed by atoms with Crippen LogP contribution in [0, 0.1) is 11.3 Å². The summed E-state index contributed by atoms with van der Waals surface area (Å²) in [6.45, 7) is 0. The Kier molecular flexibility index (Phi) is 5.88. The summed E-state index contributed by atoms with van der Waals surface area (Å²) in [5.74, 6) is 0. The lowest BCUT2D eigenvalue weighted by atomic mass is 9.94. The summed E-state index contributed by atoms with van der Waals surface area (Å²) in [5.41, 5.74) is 13.4. The molecule has 0 atom stereocenters. The molecule has 0 bridgehead atoms. The molecule has 0 radical (unpaired) electrons. The highest BCUT2D eigenvalue weighted by atomic mass is 15.1. The molecule has 200 valence electrons. The summed E-state index contributed by atoms with van der Waals surface area (Å²) in [4.78, 5) is 2.29. The summed E-state index contributed by atoms with van der Waals surface area (Å²) in [6, 6.07) is 57.8. The Morgan fingerprint density at radius 1 is 0.395 bits per heavy atom. The number of nitriles is 1. The molecule has 8 rings (SSSR count). The van der Waals surface area contributed by atoms with Gasteiger partial charge in [0, 0.05) is 17.1 Å². The van der Waals surface area contributed by atoms with Gasteiger partial charge in [-0.15, -0.1) is 0 Å². The number of para-hydroxylation sites is 1. The molecular weight excluding hydrogens is 520 g/mol. The molecule has 0 saturated heterocycles. The maximum absolute atomic E-state index is 9.76. The molecule has 0 saturated carbocycles. The fourth-order valence-corrected chi connectivity index (χ4v) is 6.54. The van der Waals surface area contributed by atoms with Gasteiger partial charge in [-0.05, 0) is 97.7 Å². The number of benzene rings is 7.